The smallest absolute Gasteiger partial charge is 0.335 e. The first-order valence-corrected chi connectivity index (χ1v) is 5.91. The summed E-state index contributed by atoms with van der Waals surface area (Å²) in [7, 11) is 0. The molecular formula is C14H11ClN2O2. The number of halogens is 1. The van der Waals surface area contributed by atoms with E-state index in [0.29, 0.717) is 5.02 Å². The Kier molecular flexibility index (Phi) is 4.15. The summed E-state index contributed by atoms with van der Waals surface area (Å²) in [6.07, 6.45) is 1.61. The lowest BCUT2D eigenvalue weighted by atomic mass is 10.1. The molecule has 5 heteroatoms. The maximum atomic E-state index is 10.7. The maximum absolute atomic E-state index is 10.7. The first kappa shape index (κ1) is 13.1. The van der Waals surface area contributed by atoms with Crippen molar-refractivity contribution < 1.29 is 9.90 Å². The Labute approximate surface area is 115 Å². The third-order valence-electron chi connectivity index (χ3n) is 2.41. The summed E-state index contributed by atoms with van der Waals surface area (Å²) in [5.41, 5.74) is 4.74. The van der Waals surface area contributed by atoms with Gasteiger partial charge in [0.1, 0.15) is 0 Å². The van der Waals surface area contributed by atoms with Crippen molar-refractivity contribution in [1.29, 1.82) is 0 Å². The van der Waals surface area contributed by atoms with Crippen molar-refractivity contribution in [2.45, 2.75) is 0 Å². The molecule has 4 nitrogen and oxygen atoms in total. The topological polar surface area (TPSA) is 61.7 Å². The van der Waals surface area contributed by atoms with Gasteiger partial charge >= 0.3 is 5.97 Å². The lowest BCUT2D eigenvalue weighted by molar-refractivity contribution is 0.0697. The van der Waals surface area contributed by atoms with E-state index in [9.17, 15) is 4.79 Å². The third kappa shape index (κ3) is 3.82. The Morgan fingerprint density at radius 3 is 2.32 bits per heavy atom. The number of nitrogens with one attached hydrogen (secondary N) is 1. The number of carbonyl (C=O) groups is 1. The molecule has 0 atom stereocenters. The minimum Gasteiger partial charge on any atom is -0.478 e. The average molecular weight is 275 g/mol. The zero-order valence-corrected chi connectivity index (χ0v) is 10.6. The molecule has 0 unspecified atom stereocenters. The van der Waals surface area contributed by atoms with Gasteiger partial charge in [0.2, 0.25) is 0 Å². The second-order valence-corrected chi connectivity index (χ2v) is 4.24. The van der Waals surface area contributed by atoms with Crippen molar-refractivity contribution in [1.82, 2.24) is 0 Å². The van der Waals surface area contributed by atoms with Crippen LogP contribution in [-0.4, -0.2) is 17.3 Å². The molecule has 0 fully saturated rings. The van der Waals surface area contributed by atoms with E-state index in [1.165, 1.54) is 12.1 Å². The number of hydrazone groups is 1. The highest BCUT2D eigenvalue weighted by molar-refractivity contribution is 6.30. The summed E-state index contributed by atoms with van der Waals surface area (Å²) >= 11 is 5.77. The third-order valence-corrected chi connectivity index (χ3v) is 2.66. The molecule has 0 saturated carbocycles. The maximum Gasteiger partial charge on any atom is 0.335 e. The molecule has 0 bridgehead atoms. The fourth-order valence-electron chi connectivity index (χ4n) is 1.42. The number of hydrogen-bond donors (Lipinski definition) is 2. The molecule has 2 N–H and O–H groups in total. The predicted octanol–water partition coefficient (Wildman–Crippen LogP) is 3.48. The molecule has 0 spiro atoms. The van der Waals surface area contributed by atoms with E-state index in [2.05, 4.69) is 10.5 Å². The second-order valence-electron chi connectivity index (χ2n) is 3.80. The lowest BCUT2D eigenvalue weighted by Gasteiger charge is -2.00. The van der Waals surface area contributed by atoms with Crippen LogP contribution in [0, 0.1) is 0 Å². The Balaban J connectivity index is 1.98. The average Bonchev–Trinajstić information content (AvgIpc) is 2.41. The number of carboxylic acids is 1. The standard InChI is InChI=1S/C14H11ClN2O2/c15-12-5-7-13(8-6-12)17-16-9-10-1-3-11(4-2-10)14(18)19/h1-9,17H,(H,18,19)/b16-9+. The van der Waals surface area contributed by atoms with Crippen LogP contribution in [0.3, 0.4) is 0 Å². The minimum absolute atomic E-state index is 0.253. The van der Waals surface area contributed by atoms with E-state index in [1.54, 1.807) is 30.5 Å². The van der Waals surface area contributed by atoms with Gasteiger partial charge in [-0.15, -0.1) is 0 Å². The van der Waals surface area contributed by atoms with Crippen LogP contribution in [0.25, 0.3) is 0 Å². The fourth-order valence-corrected chi connectivity index (χ4v) is 1.54. The number of anilines is 1. The lowest BCUT2D eigenvalue weighted by Crippen LogP contribution is -1.96. The molecule has 96 valence electrons. The van der Waals surface area contributed by atoms with Crippen LogP contribution < -0.4 is 5.43 Å². The molecule has 0 aromatic heterocycles. The largest absolute Gasteiger partial charge is 0.478 e. The summed E-state index contributed by atoms with van der Waals surface area (Å²) < 4.78 is 0. The number of rotatable bonds is 4. The quantitative estimate of drug-likeness (QED) is 0.663. The van der Waals surface area contributed by atoms with Crippen LogP contribution in [0.4, 0.5) is 5.69 Å². The predicted molar refractivity (Wildman–Crippen MR) is 76.1 cm³/mol. The monoisotopic (exact) mass is 274 g/mol. The molecule has 0 aliphatic heterocycles. The summed E-state index contributed by atoms with van der Waals surface area (Å²) in [6, 6.07) is 13.6. The van der Waals surface area contributed by atoms with Gasteiger partial charge < -0.3 is 5.11 Å². The van der Waals surface area contributed by atoms with Crippen molar-refractivity contribution >= 4 is 29.5 Å². The highest BCUT2D eigenvalue weighted by Gasteiger charge is 2.00. The van der Waals surface area contributed by atoms with Crippen molar-refractivity contribution in [3.8, 4) is 0 Å². The van der Waals surface area contributed by atoms with Crippen LogP contribution in [0.15, 0.2) is 53.6 Å². The fraction of sp³-hybridized carbons (Fsp3) is 0. The zero-order chi connectivity index (χ0) is 13.7. The number of aromatic carboxylic acids is 1. The summed E-state index contributed by atoms with van der Waals surface area (Å²) in [6.45, 7) is 0. The molecule has 0 amide bonds. The number of hydrogen-bond acceptors (Lipinski definition) is 3. The van der Waals surface area contributed by atoms with Crippen molar-refractivity contribution in [3.63, 3.8) is 0 Å². The summed E-state index contributed by atoms with van der Waals surface area (Å²) in [5, 5.41) is 13.5. The molecule has 0 heterocycles. The SMILES string of the molecule is O=C(O)c1ccc(/C=N/Nc2ccc(Cl)cc2)cc1. The van der Waals surface area contributed by atoms with E-state index in [-0.39, 0.29) is 5.56 Å². The Hall–Kier alpha value is -2.33. The van der Waals surface area contributed by atoms with Gasteiger partial charge in [-0.1, -0.05) is 23.7 Å². The second kappa shape index (κ2) is 6.02. The molecule has 19 heavy (non-hydrogen) atoms. The van der Waals surface area contributed by atoms with Gasteiger partial charge in [0.05, 0.1) is 17.5 Å². The van der Waals surface area contributed by atoms with Gasteiger partial charge in [-0.2, -0.15) is 5.10 Å². The highest BCUT2D eigenvalue weighted by Crippen LogP contribution is 2.13. The van der Waals surface area contributed by atoms with E-state index in [0.717, 1.165) is 11.3 Å². The van der Waals surface area contributed by atoms with Gasteiger partial charge in [-0.25, -0.2) is 4.79 Å². The van der Waals surface area contributed by atoms with Crippen LogP contribution in [-0.2, 0) is 0 Å². The van der Waals surface area contributed by atoms with Crippen molar-refractivity contribution in [2.75, 3.05) is 5.43 Å². The minimum atomic E-state index is -0.942. The molecule has 0 aliphatic carbocycles. The molecule has 2 aromatic carbocycles. The summed E-state index contributed by atoms with van der Waals surface area (Å²) in [5.74, 6) is -0.942. The first-order chi connectivity index (χ1) is 9.15. The molecule has 0 aliphatic rings. The van der Waals surface area contributed by atoms with Crippen molar-refractivity contribution in [3.05, 3.63) is 64.7 Å². The van der Waals surface area contributed by atoms with E-state index >= 15 is 0 Å². The van der Waals surface area contributed by atoms with Crippen molar-refractivity contribution in [2.24, 2.45) is 5.10 Å². The van der Waals surface area contributed by atoms with Gasteiger partial charge in [0.25, 0.3) is 0 Å². The normalized spacial score (nSPS) is 10.6. The number of nitrogens with zero attached hydrogens (tertiary/aromatic N) is 1. The van der Waals surface area contributed by atoms with Crippen LogP contribution >= 0.6 is 11.6 Å². The van der Waals surface area contributed by atoms with Gasteiger partial charge in [0.15, 0.2) is 0 Å². The molecular weight excluding hydrogens is 264 g/mol. The van der Waals surface area contributed by atoms with E-state index in [4.69, 9.17) is 16.7 Å². The van der Waals surface area contributed by atoms with Gasteiger partial charge in [-0.05, 0) is 42.0 Å². The van der Waals surface area contributed by atoms with E-state index < -0.39 is 5.97 Å². The van der Waals surface area contributed by atoms with Gasteiger partial charge in [0, 0.05) is 5.02 Å². The highest BCUT2D eigenvalue weighted by atomic mass is 35.5. The Morgan fingerprint density at radius 2 is 1.74 bits per heavy atom. The first-order valence-electron chi connectivity index (χ1n) is 5.53. The molecule has 2 aromatic rings. The summed E-state index contributed by atoms with van der Waals surface area (Å²) in [4.78, 5) is 10.7. The zero-order valence-electron chi connectivity index (χ0n) is 9.88. The van der Waals surface area contributed by atoms with Gasteiger partial charge in [-0.3, -0.25) is 5.43 Å². The number of carboxylic acid groups (broad SMARTS) is 1. The molecule has 2 rings (SSSR count). The Bertz CT molecular complexity index is 592. The molecule has 0 radical (unpaired) electrons. The van der Waals surface area contributed by atoms with Crippen LogP contribution in [0.1, 0.15) is 15.9 Å². The molecule has 0 saturated heterocycles. The number of benzene rings is 2. The Morgan fingerprint density at radius 1 is 1.11 bits per heavy atom. The van der Waals surface area contributed by atoms with Crippen LogP contribution in [0.5, 0.6) is 0 Å². The van der Waals surface area contributed by atoms with Crippen LogP contribution in [0.2, 0.25) is 5.02 Å². The van der Waals surface area contributed by atoms with E-state index in [1.807, 2.05) is 12.1 Å².